The number of rotatable bonds is 7. The number of anilines is 2. The fourth-order valence-corrected chi connectivity index (χ4v) is 3.84. The van der Waals surface area contributed by atoms with Gasteiger partial charge in [0, 0.05) is 37.1 Å². The Balaban J connectivity index is 1.45. The lowest BCUT2D eigenvalue weighted by Crippen LogP contribution is -2.27. The van der Waals surface area contributed by atoms with Crippen LogP contribution in [0.2, 0.25) is 5.02 Å². The molecule has 7 nitrogen and oxygen atoms in total. The van der Waals surface area contributed by atoms with Crippen molar-refractivity contribution in [3.8, 4) is 5.75 Å². The first-order valence-corrected chi connectivity index (χ1v) is 11.2. The zero-order chi connectivity index (χ0) is 23.2. The van der Waals surface area contributed by atoms with Crippen LogP contribution in [-0.4, -0.2) is 41.8 Å². The lowest BCUT2D eigenvalue weighted by atomic mass is 10.1. The minimum atomic E-state index is -0.305. The summed E-state index contributed by atoms with van der Waals surface area (Å²) in [7, 11) is 1.56. The van der Waals surface area contributed by atoms with Crippen molar-refractivity contribution in [1.29, 1.82) is 5.41 Å². The number of methoxy groups -OCH3 is 1. The van der Waals surface area contributed by atoms with Crippen molar-refractivity contribution in [1.82, 2.24) is 9.88 Å². The fourth-order valence-electron chi connectivity index (χ4n) is 3.73. The van der Waals surface area contributed by atoms with Gasteiger partial charge >= 0.3 is 0 Å². The summed E-state index contributed by atoms with van der Waals surface area (Å²) in [6.45, 7) is 2.44. The Labute approximate surface area is 198 Å². The number of benzene rings is 2. The van der Waals surface area contributed by atoms with Gasteiger partial charge < -0.3 is 20.3 Å². The SMILES string of the molecule is COc1ccc(NCc2ccc(C(=N)N3CCCC3)cc2)c(C(=O)Nc2ccc(Cl)cn2)c1. The fraction of sp³-hybridized carbons (Fsp3) is 0.240. The lowest BCUT2D eigenvalue weighted by molar-refractivity contribution is 0.102. The quantitative estimate of drug-likeness (QED) is 0.337. The highest BCUT2D eigenvalue weighted by Crippen LogP contribution is 2.24. The molecule has 170 valence electrons. The van der Waals surface area contributed by atoms with Crippen molar-refractivity contribution in [2.45, 2.75) is 19.4 Å². The topological polar surface area (TPSA) is 90.3 Å². The summed E-state index contributed by atoms with van der Waals surface area (Å²) >= 11 is 5.87. The lowest BCUT2D eigenvalue weighted by Gasteiger charge is -2.18. The van der Waals surface area contributed by atoms with E-state index < -0.39 is 0 Å². The summed E-state index contributed by atoms with van der Waals surface area (Å²) in [6.07, 6.45) is 3.78. The van der Waals surface area contributed by atoms with Crippen LogP contribution < -0.4 is 15.4 Å². The summed E-state index contributed by atoms with van der Waals surface area (Å²) < 4.78 is 5.30. The maximum Gasteiger partial charge on any atom is 0.259 e. The Morgan fingerprint density at radius 1 is 1.12 bits per heavy atom. The monoisotopic (exact) mass is 463 g/mol. The molecule has 0 saturated carbocycles. The van der Waals surface area contributed by atoms with Gasteiger partial charge in [0.05, 0.1) is 17.7 Å². The van der Waals surface area contributed by atoms with Crippen LogP contribution in [0.15, 0.2) is 60.8 Å². The standard InChI is InChI=1S/C25H26ClN5O2/c1-33-20-9-10-22(21(14-20)25(32)30-23-11-8-19(26)16-29-23)28-15-17-4-6-18(7-5-17)24(27)31-12-2-3-13-31/h4-11,14,16,27-28H,2-3,12-13,15H2,1H3,(H,29,30,32). The van der Waals surface area contributed by atoms with Gasteiger partial charge in [0.2, 0.25) is 0 Å². The third-order valence-electron chi connectivity index (χ3n) is 5.57. The van der Waals surface area contributed by atoms with E-state index in [2.05, 4.69) is 20.5 Å². The van der Waals surface area contributed by atoms with E-state index in [4.69, 9.17) is 21.7 Å². The van der Waals surface area contributed by atoms with Crippen LogP contribution in [0.3, 0.4) is 0 Å². The molecule has 33 heavy (non-hydrogen) atoms. The second kappa shape index (κ2) is 10.4. The molecule has 0 spiro atoms. The summed E-state index contributed by atoms with van der Waals surface area (Å²) in [5.41, 5.74) is 3.09. The predicted octanol–water partition coefficient (Wildman–Crippen LogP) is 5.03. The number of aromatic nitrogens is 1. The Hall–Kier alpha value is -3.58. The van der Waals surface area contributed by atoms with Gasteiger partial charge in [0.15, 0.2) is 0 Å². The average molecular weight is 464 g/mol. The molecule has 3 N–H and O–H groups in total. The van der Waals surface area contributed by atoms with Crippen molar-refractivity contribution >= 4 is 34.8 Å². The number of amidine groups is 1. The van der Waals surface area contributed by atoms with Crippen molar-refractivity contribution in [2.75, 3.05) is 30.8 Å². The van der Waals surface area contributed by atoms with Crippen molar-refractivity contribution in [3.05, 3.63) is 82.5 Å². The molecule has 8 heteroatoms. The van der Waals surface area contributed by atoms with E-state index in [1.807, 2.05) is 30.3 Å². The van der Waals surface area contributed by atoms with Gasteiger partial charge in [0.25, 0.3) is 5.91 Å². The molecule has 4 rings (SSSR count). The van der Waals surface area contributed by atoms with Gasteiger partial charge in [-0.3, -0.25) is 10.2 Å². The number of nitrogens with zero attached hydrogens (tertiary/aromatic N) is 2. The molecular formula is C25H26ClN5O2. The van der Waals surface area contributed by atoms with Crippen LogP contribution in [0.4, 0.5) is 11.5 Å². The molecule has 1 fully saturated rings. The average Bonchev–Trinajstić information content (AvgIpc) is 3.39. The van der Waals surface area contributed by atoms with E-state index in [-0.39, 0.29) is 5.91 Å². The van der Waals surface area contributed by atoms with Crippen LogP contribution in [0.25, 0.3) is 0 Å². The molecule has 1 amide bonds. The molecule has 1 aliphatic rings. The van der Waals surface area contributed by atoms with Crippen molar-refractivity contribution in [3.63, 3.8) is 0 Å². The van der Waals surface area contributed by atoms with Gasteiger partial charge in [-0.2, -0.15) is 0 Å². The highest BCUT2D eigenvalue weighted by Gasteiger charge is 2.17. The Morgan fingerprint density at radius 2 is 1.88 bits per heavy atom. The molecule has 2 aromatic carbocycles. The molecule has 1 saturated heterocycles. The van der Waals surface area contributed by atoms with Crippen molar-refractivity contribution in [2.24, 2.45) is 0 Å². The van der Waals surface area contributed by atoms with E-state index in [9.17, 15) is 4.79 Å². The van der Waals surface area contributed by atoms with E-state index in [0.717, 1.165) is 37.1 Å². The number of carbonyl (C=O) groups excluding carboxylic acids is 1. The summed E-state index contributed by atoms with van der Waals surface area (Å²) in [5.74, 6) is 1.27. The van der Waals surface area contributed by atoms with Gasteiger partial charge in [-0.1, -0.05) is 35.9 Å². The van der Waals surface area contributed by atoms with E-state index >= 15 is 0 Å². The minimum Gasteiger partial charge on any atom is -0.497 e. The number of carbonyl (C=O) groups is 1. The number of likely N-dealkylation sites (tertiary alicyclic amines) is 1. The second-order valence-electron chi connectivity index (χ2n) is 7.82. The summed E-state index contributed by atoms with van der Waals surface area (Å²) in [4.78, 5) is 19.2. The van der Waals surface area contributed by atoms with E-state index in [1.54, 1.807) is 31.4 Å². The molecule has 0 radical (unpaired) electrons. The van der Waals surface area contributed by atoms with Crippen LogP contribution in [0.5, 0.6) is 5.75 Å². The first-order chi connectivity index (χ1) is 16.0. The van der Waals surface area contributed by atoms with Gasteiger partial charge in [-0.05, 0) is 48.7 Å². The maximum absolute atomic E-state index is 12.9. The van der Waals surface area contributed by atoms with E-state index in [0.29, 0.717) is 40.2 Å². The maximum atomic E-state index is 12.9. The van der Waals surface area contributed by atoms with Gasteiger partial charge in [-0.25, -0.2) is 4.98 Å². The molecule has 0 atom stereocenters. The highest BCUT2D eigenvalue weighted by molar-refractivity contribution is 6.30. The number of amides is 1. The molecule has 1 aromatic heterocycles. The number of halogens is 1. The van der Waals surface area contributed by atoms with Gasteiger partial charge in [-0.15, -0.1) is 0 Å². The molecular weight excluding hydrogens is 438 g/mol. The number of nitrogens with one attached hydrogen (secondary N) is 3. The zero-order valence-corrected chi connectivity index (χ0v) is 19.2. The number of ether oxygens (including phenoxy) is 1. The minimum absolute atomic E-state index is 0.305. The number of pyridine rings is 1. The van der Waals surface area contributed by atoms with Gasteiger partial charge in [0.1, 0.15) is 17.4 Å². The zero-order valence-electron chi connectivity index (χ0n) is 18.4. The number of hydrogen-bond donors (Lipinski definition) is 3. The number of hydrogen-bond acceptors (Lipinski definition) is 5. The molecule has 1 aliphatic heterocycles. The van der Waals surface area contributed by atoms with Crippen LogP contribution in [-0.2, 0) is 6.54 Å². The largest absolute Gasteiger partial charge is 0.497 e. The van der Waals surface area contributed by atoms with Crippen LogP contribution in [0.1, 0.15) is 34.3 Å². The third kappa shape index (κ3) is 5.62. The molecule has 0 unspecified atom stereocenters. The second-order valence-corrected chi connectivity index (χ2v) is 8.26. The summed E-state index contributed by atoms with van der Waals surface area (Å²) in [5, 5.41) is 15.0. The summed E-state index contributed by atoms with van der Waals surface area (Å²) in [6, 6.07) is 16.6. The third-order valence-corrected chi connectivity index (χ3v) is 5.80. The van der Waals surface area contributed by atoms with E-state index in [1.165, 1.54) is 6.20 Å². The Morgan fingerprint density at radius 3 is 2.55 bits per heavy atom. The first kappa shape index (κ1) is 22.6. The molecule has 0 bridgehead atoms. The molecule has 0 aliphatic carbocycles. The first-order valence-electron chi connectivity index (χ1n) is 10.8. The molecule has 2 heterocycles. The Bertz CT molecular complexity index is 1130. The normalized spacial score (nSPS) is 13.0. The smallest absolute Gasteiger partial charge is 0.259 e. The highest BCUT2D eigenvalue weighted by atomic mass is 35.5. The Kier molecular flexibility index (Phi) is 7.10. The predicted molar refractivity (Wildman–Crippen MR) is 132 cm³/mol. The van der Waals surface area contributed by atoms with Crippen molar-refractivity contribution < 1.29 is 9.53 Å². The van der Waals surface area contributed by atoms with Crippen LogP contribution in [0, 0.1) is 5.41 Å². The van der Waals surface area contributed by atoms with Crippen LogP contribution >= 0.6 is 11.6 Å². The molecule has 3 aromatic rings.